The molecule has 92 valence electrons. The summed E-state index contributed by atoms with van der Waals surface area (Å²) in [5.41, 5.74) is 6.98. The van der Waals surface area contributed by atoms with Gasteiger partial charge in [0.25, 0.3) is 0 Å². The van der Waals surface area contributed by atoms with E-state index in [0.29, 0.717) is 11.6 Å². The molecule has 2 N–H and O–H groups in total. The average molecular weight is 234 g/mol. The normalized spacial score (nSPS) is 18.9. The molecule has 4 heteroatoms. The second kappa shape index (κ2) is 5.29. The monoisotopic (exact) mass is 234 g/mol. The highest BCUT2D eigenvalue weighted by atomic mass is 16.5. The summed E-state index contributed by atoms with van der Waals surface area (Å²) in [6, 6.07) is 7.87. The van der Waals surface area contributed by atoms with Gasteiger partial charge in [-0.3, -0.25) is 9.69 Å². The number of carbonyl (C=O) groups excluding carboxylic acids is 1. The third-order valence-corrected chi connectivity index (χ3v) is 3.27. The lowest BCUT2D eigenvalue weighted by Crippen LogP contribution is -2.38. The molecule has 1 fully saturated rings. The number of benzene rings is 1. The van der Waals surface area contributed by atoms with Crippen LogP contribution in [-0.2, 0) is 4.74 Å². The summed E-state index contributed by atoms with van der Waals surface area (Å²) in [7, 11) is 0. The van der Waals surface area contributed by atoms with Gasteiger partial charge in [-0.2, -0.15) is 0 Å². The highest BCUT2D eigenvalue weighted by molar-refractivity contribution is 5.92. The van der Waals surface area contributed by atoms with Crippen LogP contribution < -0.4 is 5.73 Å². The van der Waals surface area contributed by atoms with Gasteiger partial charge in [0, 0.05) is 24.7 Å². The number of ether oxygens (including phenoxy) is 1. The Morgan fingerprint density at radius 3 is 2.41 bits per heavy atom. The molecule has 1 unspecified atom stereocenters. The summed E-state index contributed by atoms with van der Waals surface area (Å²) in [6.07, 6.45) is 0. The average Bonchev–Trinajstić information content (AvgIpc) is 2.39. The summed E-state index contributed by atoms with van der Waals surface area (Å²) in [4.78, 5) is 13.4. The third kappa shape index (κ3) is 2.84. The lowest BCUT2D eigenvalue weighted by Gasteiger charge is -2.32. The van der Waals surface area contributed by atoms with Gasteiger partial charge in [-0.25, -0.2) is 0 Å². The summed E-state index contributed by atoms with van der Waals surface area (Å²) >= 11 is 0. The second-order valence-electron chi connectivity index (χ2n) is 4.31. The van der Waals surface area contributed by atoms with E-state index in [4.69, 9.17) is 10.5 Å². The molecule has 0 aliphatic carbocycles. The van der Waals surface area contributed by atoms with Crippen LogP contribution in [0.15, 0.2) is 24.3 Å². The van der Waals surface area contributed by atoms with Gasteiger partial charge >= 0.3 is 0 Å². The van der Waals surface area contributed by atoms with Crippen LogP contribution in [0.3, 0.4) is 0 Å². The molecule has 0 bridgehead atoms. The molecule has 0 saturated carbocycles. The fourth-order valence-electron chi connectivity index (χ4n) is 2.10. The number of amides is 1. The molecule has 1 atom stereocenters. The van der Waals surface area contributed by atoms with Crippen LogP contribution in [-0.4, -0.2) is 37.1 Å². The minimum atomic E-state index is -0.379. The van der Waals surface area contributed by atoms with Gasteiger partial charge in [0.1, 0.15) is 0 Å². The van der Waals surface area contributed by atoms with Crippen LogP contribution in [0, 0.1) is 0 Å². The zero-order chi connectivity index (χ0) is 12.3. The Morgan fingerprint density at radius 1 is 1.29 bits per heavy atom. The molecule has 1 amide bonds. The van der Waals surface area contributed by atoms with Gasteiger partial charge in [-0.15, -0.1) is 0 Å². The first-order chi connectivity index (χ1) is 8.18. The van der Waals surface area contributed by atoms with Crippen molar-refractivity contribution in [3.8, 4) is 0 Å². The highest BCUT2D eigenvalue weighted by Gasteiger charge is 2.18. The van der Waals surface area contributed by atoms with Crippen molar-refractivity contribution >= 4 is 5.91 Å². The van der Waals surface area contributed by atoms with Gasteiger partial charge < -0.3 is 10.5 Å². The molecule has 0 spiro atoms. The van der Waals surface area contributed by atoms with Crippen molar-refractivity contribution in [3.63, 3.8) is 0 Å². The lowest BCUT2D eigenvalue weighted by atomic mass is 10.0. The Hall–Kier alpha value is -1.39. The van der Waals surface area contributed by atoms with E-state index in [0.717, 1.165) is 26.3 Å². The molecule has 2 rings (SSSR count). The quantitative estimate of drug-likeness (QED) is 0.854. The standard InChI is InChI=1S/C13H18N2O2/c1-10(15-6-8-17-9-7-15)11-2-4-12(5-3-11)13(14)16/h2-5,10H,6-9H2,1H3,(H2,14,16). The molecule has 17 heavy (non-hydrogen) atoms. The number of nitrogens with two attached hydrogens (primary N) is 1. The van der Waals surface area contributed by atoms with Gasteiger partial charge in [0.2, 0.25) is 5.91 Å². The topological polar surface area (TPSA) is 55.6 Å². The molecule has 0 aromatic heterocycles. The van der Waals surface area contributed by atoms with Crippen molar-refractivity contribution < 1.29 is 9.53 Å². The molecular formula is C13H18N2O2. The summed E-state index contributed by atoms with van der Waals surface area (Å²) < 4.78 is 5.33. The molecule has 1 aliphatic heterocycles. The van der Waals surface area contributed by atoms with E-state index in [9.17, 15) is 4.79 Å². The first kappa shape index (κ1) is 12.1. The predicted octanol–water partition coefficient (Wildman–Crippen LogP) is 1.18. The van der Waals surface area contributed by atoms with Crippen molar-refractivity contribution in [2.24, 2.45) is 5.73 Å². The van der Waals surface area contributed by atoms with E-state index >= 15 is 0 Å². The minimum absolute atomic E-state index is 0.348. The van der Waals surface area contributed by atoms with Crippen LogP contribution in [0.1, 0.15) is 28.9 Å². The zero-order valence-corrected chi connectivity index (χ0v) is 10.1. The van der Waals surface area contributed by atoms with E-state index in [1.165, 1.54) is 5.56 Å². The fourth-order valence-corrected chi connectivity index (χ4v) is 2.10. The van der Waals surface area contributed by atoms with Gasteiger partial charge in [-0.1, -0.05) is 12.1 Å². The van der Waals surface area contributed by atoms with Gasteiger partial charge in [0.15, 0.2) is 0 Å². The van der Waals surface area contributed by atoms with Crippen molar-refractivity contribution in [1.82, 2.24) is 4.90 Å². The Morgan fingerprint density at radius 2 is 1.88 bits per heavy atom. The first-order valence-electron chi connectivity index (χ1n) is 5.90. The van der Waals surface area contributed by atoms with Crippen molar-refractivity contribution in [3.05, 3.63) is 35.4 Å². The molecule has 1 aromatic rings. The van der Waals surface area contributed by atoms with Gasteiger partial charge in [0.05, 0.1) is 13.2 Å². The number of hydrogen-bond donors (Lipinski definition) is 1. The molecule has 1 aliphatic rings. The van der Waals surface area contributed by atoms with E-state index < -0.39 is 0 Å². The number of primary amides is 1. The summed E-state index contributed by atoms with van der Waals surface area (Å²) in [6.45, 7) is 5.68. The molecule has 1 saturated heterocycles. The summed E-state index contributed by atoms with van der Waals surface area (Å²) in [5, 5.41) is 0. The number of rotatable bonds is 3. The predicted molar refractivity (Wildman–Crippen MR) is 65.8 cm³/mol. The van der Waals surface area contributed by atoms with E-state index in [1.54, 1.807) is 12.1 Å². The SMILES string of the molecule is CC(c1ccc(C(N)=O)cc1)N1CCOCC1. The molecule has 1 aromatic carbocycles. The third-order valence-electron chi connectivity index (χ3n) is 3.27. The number of hydrogen-bond acceptors (Lipinski definition) is 3. The summed E-state index contributed by atoms with van der Waals surface area (Å²) in [5.74, 6) is -0.379. The second-order valence-corrected chi connectivity index (χ2v) is 4.31. The largest absolute Gasteiger partial charge is 0.379 e. The molecule has 4 nitrogen and oxygen atoms in total. The Labute approximate surface area is 101 Å². The van der Waals surface area contributed by atoms with E-state index in [2.05, 4.69) is 11.8 Å². The molecule has 0 radical (unpaired) electrons. The van der Waals surface area contributed by atoms with E-state index in [1.807, 2.05) is 12.1 Å². The maximum absolute atomic E-state index is 11.0. The maximum atomic E-state index is 11.0. The minimum Gasteiger partial charge on any atom is -0.379 e. The van der Waals surface area contributed by atoms with Crippen molar-refractivity contribution in [2.75, 3.05) is 26.3 Å². The van der Waals surface area contributed by atoms with Crippen molar-refractivity contribution in [2.45, 2.75) is 13.0 Å². The first-order valence-corrected chi connectivity index (χ1v) is 5.90. The molecule has 1 heterocycles. The lowest BCUT2D eigenvalue weighted by molar-refractivity contribution is 0.0198. The zero-order valence-electron chi connectivity index (χ0n) is 10.1. The Kier molecular flexibility index (Phi) is 3.76. The Bertz CT molecular complexity index is 383. The van der Waals surface area contributed by atoms with Crippen LogP contribution in [0.5, 0.6) is 0 Å². The smallest absolute Gasteiger partial charge is 0.248 e. The van der Waals surface area contributed by atoms with Crippen LogP contribution in [0.2, 0.25) is 0 Å². The van der Waals surface area contributed by atoms with Crippen LogP contribution in [0.25, 0.3) is 0 Å². The van der Waals surface area contributed by atoms with Crippen molar-refractivity contribution in [1.29, 1.82) is 0 Å². The number of morpholine rings is 1. The van der Waals surface area contributed by atoms with E-state index in [-0.39, 0.29) is 5.91 Å². The van der Waals surface area contributed by atoms with Crippen LogP contribution in [0.4, 0.5) is 0 Å². The van der Waals surface area contributed by atoms with Gasteiger partial charge in [-0.05, 0) is 24.6 Å². The Balaban J connectivity index is 2.07. The maximum Gasteiger partial charge on any atom is 0.248 e. The van der Waals surface area contributed by atoms with Crippen LogP contribution >= 0.6 is 0 Å². The number of carbonyl (C=O) groups is 1. The fraction of sp³-hybridized carbons (Fsp3) is 0.462. The number of nitrogens with zero attached hydrogens (tertiary/aromatic N) is 1. The highest BCUT2D eigenvalue weighted by Crippen LogP contribution is 2.21. The molecular weight excluding hydrogens is 216 g/mol.